The highest BCUT2D eigenvalue weighted by Crippen LogP contribution is 2.41. The van der Waals surface area contributed by atoms with Crippen molar-refractivity contribution >= 4 is 0 Å². The standard InChI is InChI=1S/C10H14N2O/c1-13-9-6-12-5-4-8(9)10(11)7-2-3-7/h4-7,10H,2-3,11H2,1H3/t10-/m1/s1. The highest BCUT2D eigenvalue weighted by atomic mass is 16.5. The van der Waals surface area contributed by atoms with Crippen molar-refractivity contribution in [3.63, 3.8) is 0 Å². The fraction of sp³-hybridized carbons (Fsp3) is 0.500. The number of hydrogen-bond donors (Lipinski definition) is 1. The van der Waals surface area contributed by atoms with Gasteiger partial charge in [-0.15, -0.1) is 0 Å². The second-order valence-electron chi connectivity index (χ2n) is 3.48. The van der Waals surface area contributed by atoms with Crippen molar-refractivity contribution in [1.82, 2.24) is 4.98 Å². The monoisotopic (exact) mass is 178 g/mol. The van der Waals surface area contributed by atoms with Crippen LogP contribution in [0.2, 0.25) is 0 Å². The van der Waals surface area contributed by atoms with Crippen LogP contribution in [-0.2, 0) is 0 Å². The molecule has 0 spiro atoms. The molecule has 2 rings (SSSR count). The third-order valence-corrected chi connectivity index (χ3v) is 2.53. The first kappa shape index (κ1) is 8.51. The van der Waals surface area contributed by atoms with Crippen LogP contribution in [0.15, 0.2) is 18.5 Å². The molecule has 2 N–H and O–H groups in total. The summed E-state index contributed by atoms with van der Waals surface area (Å²) in [6.45, 7) is 0. The van der Waals surface area contributed by atoms with E-state index in [1.165, 1.54) is 12.8 Å². The molecule has 3 heteroatoms. The smallest absolute Gasteiger partial charge is 0.141 e. The van der Waals surface area contributed by atoms with Gasteiger partial charge in [0.25, 0.3) is 0 Å². The summed E-state index contributed by atoms with van der Waals surface area (Å²) in [5, 5.41) is 0. The van der Waals surface area contributed by atoms with Crippen LogP contribution in [0.4, 0.5) is 0 Å². The lowest BCUT2D eigenvalue weighted by Gasteiger charge is -2.13. The number of hydrogen-bond acceptors (Lipinski definition) is 3. The summed E-state index contributed by atoms with van der Waals surface area (Å²) >= 11 is 0. The van der Waals surface area contributed by atoms with Gasteiger partial charge < -0.3 is 10.5 Å². The maximum atomic E-state index is 6.07. The Bertz CT molecular complexity index is 297. The van der Waals surface area contributed by atoms with Crippen LogP contribution in [0.25, 0.3) is 0 Å². The predicted octanol–water partition coefficient (Wildman–Crippen LogP) is 1.50. The predicted molar refractivity (Wildman–Crippen MR) is 50.4 cm³/mol. The third kappa shape index (κ3) is 1.65. The largest absolute Gasteiger partial charge is 0.495 e. The number of ether oxygens (including phenoxy) is 1. The molecule has 0 radical (unpaired) electrons. The van der Waals surface area contributed by atoms with E-state index < -0.39 is 0 Å². The molecule has 1 aliphatic rings. The zero-order chi connectivity index (χ0) is 9.26. The molecule has 1 heterocycles. The molecular weight excluding hydrogens is 164 g/mol. The molecule has 0 aromatic carbocycles. The Morgan fingerprint density at radius 3 is 3.00 bits per heavy atom. The molecule has 1 aromatic rings. The van der Waals surface area contributed by atoms with E-state index in [-0.39, 0.29) is 6.04 Å². The Morgan fingerprint density at radius 2 is 2.38 bits per heavy atom. The Balaban J connectivity index is 2.26. The molecule has 1 fully saturated rings. The van der Waals surface area contributed by atoms with E-state index in [9.17, 15) is 0 Å². The summed E-state index contributed by atoms with van der Waals surface area (Å²) in [7, 11) is 1.65. The second kappa shape index (κ2) is 3.34. The molecule has 1 saturated carbocycles. The zero-order valence-electron chi connectivity index (χ0n) is 7.73. The van der Waals surface area contributed by atoms with Crippen molar-refractivity contribution in [3.8, 4) is 5.75 Å². The molecule has 3 nitrogen and oxygen atoms in total. The van der Waals surface area contributed by atoms with Gasteiger partial charge in [0.15, 0.2) is 0 Å². The molecular formula is C10H14N2O. The molecule has 0 bridgehead atoms. The summed E-state index contributed by atoms with van der Waals surface area (Å²) < 4.78 is 5.20. The Hall–Kier alpha value is -1.09. The first-order chi connectivity index (χ1) is 6.33. The quantitative estimate of drug-likeness (QED) is 0.763. The Kier molecular flexibility index (Phi) is 2.19. The average molecular weight is 178 g/mol. The summed E-state index contributed by atoms with van der Waals surface area (Å²) in [6, 6.07) is 2.07. The van der Waals surface area contributed by atoms with E-state index in [1.807, 2.05) is 6.07 Å². The summed E-state index contributed by atoms with van der Waals surface area (Å²) in [6.07, 6.45) is 5.97. The van der Waals surface area contributed by atoms with E-state index in [4.69, 9.17) is 10.5 Å². The van der Waals surface area contributed by atoms with Crippen molar-refractivity contribution < 1.29 is 4.74 Å². The van der Waals surface area contributed by atoms with Crippen LogP contribution >= 0.6 is 0 Å². The normalized spacial score (nSPS) is 18.3. The lowest BCUT2D eigenvalue weighted by molar-refractivity contribution is 0.401. The van der Waals surface area contributed by atoms with E-state index in [1.54, 1.807) is 19.5 Å². The number of aromatic nitrogens is 1. The van der Waals surface area contributed by atoms with Crippen molar-refractivity contribution in [2.24, 2.45) is 11.7 Å². The van der Waals surface area contributed by atoms with Crippen LogP contribution in [-0.4, -0.2) is 12.1 Å². The molecule has 1 aliphatic carbocycles. The van der Waals surface area contributed by atoms with Gasteiger partial charge in [0.1, 0.15) is 5.75 Å². The van der Waals surface area contributed by atoms with Gasteiger partial charge >= 0.3 is 0 Å². The van der Waals surface area contributed by atoms with Gasteiger partial charge in [-0.1, -0.05) is 0 Å². The SMILES string of the molecule is COc1cnccc1[C@H](N)C1CC1. The van der Waals surface area contributed by atoms with Gasteiger partial charge in [-0.25, -0.2) is 0 Å². The third-order valence-electron chi connectivity index (χ3n) is 2.53. The minimum Gasteiger partial charge on any atom is -0.495 e. The fourth-order valence-electron chi connectivity index (χ4n) is 1.55. The lowest BCUT2D eigenvalue weighted by atomic mass is 10.0. The summed E-state index contributed by atoms with van der Waals surface area (Å²) in [5.74, 6) is 1.46. The zero-order valence-corrected chi connectivity index (χ0v) is 7.73. The molecule has 1 aromatic heterocycles. The highest BCUT2D eigenvalue weighted by Gasteiger charge is 2.30. The Labute approximate surface area is 77.9 Å². The first-order valence-corrected chi connectivity index (χ1v) is 4.56. The molecule has 1 atom stereocenters. The van der Waals surface area contributed by atoms with Gasteiger partial charge in [-0.05, 0) is 24.8 Å². The van der Waals surface area contributed by atoms with Gasteiger partial charge in [-0.3, -0.25) is 4.98 Å². The van der Waals surface area contributed by atoms with Crippen LogP contribution in [0.1, 0.15) is 24.4 Å². The van der Waals surface area contributed by atoms with Crippen molar-refractivity contribution in [1.29, 1.82) is 0 Å². The topological polar surface area (TPSA) is 48.1 Å². The number of rotatable bonds is 3. The van der Waals surface area contributed by atoms with Crippen LogP contribution < -0.4 is 10.5 Å². The van der Waals surface area contributed by atoms with Gasteiger partial charge in [0.2, 0.25) is 0 Å². The first-order valence-electron chi connectivity index (χ1n) is 4.56. The number of pyridine rings is 1. The van der Waals surface area contributed by atoms with Gasteiger partial charge in [-0.2, -0.15) is 0 Å². The molecule has 13 heavy (non-hydrogen) atoms. The maximum Gasteiger partial charge on any atom is 0.141 e. The fourth-order valence-corrected chi connectivity index (χ4v) is 1.55. The van der Waals surface area contributed by atoms with Crippen LogP contribution in [0.5, 0.6) is 5.75 Å². The second-order valence-corrected chi connectivity index (χ2v) is 3.48. The average Bonchev–Trinajstić information content (AvgIpc) is 3.00. The molecule has 0 aliphatic heterocycles. The van der Waals surface area contributed by atoms with E-state index in [0.717, 1.165) is 11.3 Å². The number of methoxy groups -OCH3 is 1. The minimum absolute atomic E-state index is 0.123. The van der Waals surface area contributed by atoms with E-state index in [0.29, 0.717) is 5.92 Å². The summed E-state index contributed by atoms with van der Waals surface area (Å²) in [4.78, 5) is 4.00. The van der Waals surface area contributed by atoms with E-state index >= 15 is 0 Å². The van der Waals surface area contributed by atoms with Crippen molar-refractivity contribution in [3.05, 3.63) is 24.0 Å². The van der Waals surface area contributed by atoms with Crippen molar-refractivity contribution in [2.75, 3.05) is 7.11 Å². The molecule has 0 amide bonds. The highest BCUT2D eigenvalue weighted by molar-refractivity contribution is 5.33. The molecule has 0 saturated heterocycles. The number of nitrogens with two attached hydrogens (primary N) is 1. The summed E-state index contributed by atoms with van der Waals surface area (Å²) in [5.41, 5.74) is 7.15. The molecule has 0 unspecified atom stereocenters. The molecule has 70 valence electrons. The Morgan fingerprint density at radius 1 is 1.62 bits per heavy atom. The van der Waals surface area contributed by atoms with Crippen molar-refractivity contribution in [2.45, 2.75) is 18.9 Å². The van der Waals surface area contributed by atoms with E-state index in [2.05, 4.69) is 4.98 Å². The number of nitrogens with zero attached hydrogens (tertiary/aromatic N) is 1. The van der Waals surface area contributed by atoms with Gasteiger partial charge in [0, 0.05) is 17.8 Å². The van der Waals surface area contributed by atoms with Gasteiger partial charge in [0.05, 0.1) is 13.3 Å². The maximum absolute atomic E-state index is 6.07. The lowest BCUT2D eigenvalue weighted by Crippen LogP contribution is -2.13. The van der Waals surface area contributed by atoms with Crippen LogP contribution in [0, 0.1) is 5.92 Å². The van der Waals surface area contributed by atoms with Crippen LogP contribution in [0.3, 0.4) is 0 Å². The minimum atomic E-state index is 0.123.